The zero-order valence-corrected chi connectivity index (χ0v) is 15.6. The normalized spacial score (nSPS) is 12.1. The number of nitrogens with zero attached hydrogens (tertiary/aromatic N) is 1. The highest BCUT2D eigenvalue weighted by atomic mass is 35.5. The van der Waals surface area contributed by atoms with Gasteiger partial charge in [-0.3, -0.25) is 9.69 Å². The van der Waals surface area contributed by atoms with Gasteiger partial charge in [0, 0.05) is 12.2 Å². The molecule has 0 aliphatic carbocycles. The number of hydrogen-bond acceptors (Lipinski definition) is 4. The highest BCUT2D eigenvalue weighted by Gasteiger charge is 2.13. The maximum Gasteiger partial charge on any atom is 0.238 e. The van der Waals surface area contributed by atoms with Crippen LogP contribution in [0, 0.1) is 5.82 Å². The van der Waals surface area contributed by atoms with Crippen LogP contribution in [0.2, 0.25) is 10.0 Å². The molecular formula is C18H19Cl2FN2O3. The number of aliphatic hydroxyl groups excluding tert-OH is 1. The summed E-state index contributed by atoms with van der Waals surface area (Å²) in [4.78, 5) is 13.7. The van der Waals surface area contributed by atoms with Gasteiger partial charge < -0.3 is 15.2 Å². The fourth-order valence-electron chi connectivity index (χ4n) is 2.22. The van der Waals surface area contributed by atoms with E-state index >= 15 is 0 Å². The molecule has 0 aromatic heterocycles. The van der Waals surface area contributed by atoms with Gasteiger partial charge in [-0.1, -0.05) is 23.2 Å². The van der Waals surface area contributed by atoms with E-state index in [1.165, 1.54) is 24.3 Å². The molecule has 1 amide bonds. The van der Waals surface area contributed by atoms with E-state index in [4.69, 9.17) is 27.9 Å². The van der Waals surface area contributed by atoms with E-state index in [0.29, 0.717) is 21.5 Å². The van der Waals surface area contributed by atoms with E-state index in [1.54, 1.807) is 30.1 Å². The zero-order chi connectivity index (χ0) is 19.1. The van der Waals surface area contributed by atoms with Crippen molar-refractivity contribution in [2.45, 2.75) is 6.10 Å². The average molecular weight is 401 g/mol. The molecule has 2 rings (SSSR count). The predicted octanol–water partition coefficient (Wildman–Crippen LogP) is 3.44. The Morgan fingerprint density at radius 1 is 1.23 bits per heavy atom. The van der Waals surface area contributed by atoms with E-state index in [2.05, 4.69) is 5.32 Å². The van der Waals surface area contributed by atoms with Gasteiger partial charge in [0.2, 0.25) is 5.91 Å². The number of anilines is 1. The molecule has 1 unspecified atom stereocenters. The Bertz CT molecular complexity index is 744. The number of aliphatic hydroxyl groups is 1. The lowest BCUT2D eigenvalue weighted by atomic mass is 10.3. The second-order valence-electron chi connectivity index (χ2n) is 5.79. The van der Waals surface area contributed by atoms with Crippen LogP contribution < -0.4 is 10.1 Å². The van der Waals surface area contributed by atoms with Crippen LogP contribution in [-0.2, 0) is 4.79 Å². The Morgan fingerprint density at radius 3 is 2.58 bits per heavy atom. The summed E-state index contributed by atoms with van der Waals surface area (Å²) in [5, 5.41) is 13.5. The lowest BCUT2D eigenvalue weighted by molar-refractivity contribution is -0.117. The van der Waals surface area contributed by atoms with Gasteiger partial charge in [0.05, 0.1) is 16.6 Å². The number of nitrogens with one attached hydrogen (secondary N) is 1. The van der Waals surface area contributed by atoms with Crippen molar-refractivity contribution in [3.63, 3.8) is 0 Å². The van der Waals surface area contributed by atoms with Gasteiger partial charge in [-0.2, -0.15) is 0 Å². The van der Waals surface area contributed by atoms with Crippen LogP contribution in [0.25, 0.3) is 0 Å². The number of hydrogen-bond donors (Lipinski definition) is 2. The maximum atomic E-state index is 12.8. The third-order valence-electron chi connectivity index (χ3n) is 3.40. The van der Waals surface area contributed by atoms with Crippen LogP contribution in [0.4, 0.5) is 10.1 Å². The Labute approximate surface area is 161 Å². The van der Waals surface area contributed by atoms with Gasteiger partial charge in [0.15, 0.2) is 0 Å². The quantitative estimate of drug-likeness (QED) is 0.712. The van der Waals surface area contributed by atoms with Crippen molar-refractivity contribution in [2.75, 3.05) is 32.1 Å². The maximum absolute atomic E-state index is 12.8. The number of rotatable bonds is 8. The first-order valence-electron chi connectivity index (χ1n) is 7.83. The summed E-state index contributed by atoms with van der Waals surface area (Å²) in [6, 6.07) is 10.3. The van der Waals surface area contributed by atoms with Crippen LogP contribution in [0.1, 0.15) is 0 Å². The summed E-state index contributed by atoms with van der Waals surface area (Å²) < 4.78 is 18.2. The molecule has 0 fully saturated rings. The van der Waals surface area contributed by atoms with E-state index < -0.39 is 6.10 Å². The molecule has 26 heavy (non-hydrogen) atoms. The Morgan fingerprint density at radius 2 is 1.92 bits per heavy atom. The molecule has 8 heteroatoms. The molecule has 0 radical (unpaired) electrons. The monoisotopic (exact) mass is 400 g/mol. The zero-order valence-electron chi connectivity index (χ0n) is 14.1. The summed E-state index contributed by atoms with van der Waals surface area (Å²) in [5.74, 6) is -0.145. The molecular weight excluding hydrogens is 382 g/mol. The van der Waals surface area contributed by atoms with Gasteiger partial charge >= 0.3 is 0 Å². The molecule has 0 saturated heterocycles. The molecule has 2 aromatic rings. The fraction of sp³-hybridized carbons (Fsp3) is 0.278. The number of benzene rings is 2. The molecule has 0 bridgehead atoms. The third kappa shape index (κ3) is 6.80. The number of likely N-dealkylation sites (N-methyl/N-ethyl adjacent to an activating group) is 1. The minimum absolute atomic E-state index is 0.0321. The molecule has 2 aromatic carbocycles. The summed E-state index contributed by atoms with van der Waals surface area (Å²) >= 11 is 11.7. The highest BCUT2D eigenvalue weighted by Crippen LogP contribution is 2.24. The molecule has 2 N–H and O–H groups in total. The van der Waals surface area contributed by atoms with Crippen molar-refractivity contribution in [3.05, 3.63) is 58.3 Å². The molecule has 0 aliphatic rings. The molecule has 0 spiro atoms. The van der Waals surface area contributed by atoms with Crippen LogP contribution >= 0.6 is 23.2 Å². The van der Waals surface area contributed by atoms with Crippen molar-refractivity contribution < 1.29 is 19.0 Å². The SMILES string of the molecule is CN(CC(=O)Nc1ccc(Cl)c(Cl)c1)CC(O)COc1ccc(F)cc1. The van der Waals surface area contributed by atoms with Gasteiger partial charge in [-0.05, 0) is 49.5 Å². The molecule has 1 atom stereocenters. The Balaban J connectivity index is 1.74. The number of ether oxygens (including phenoxy) is 1. The Kier molecular flexibility index (Phi) is 7.66. The van der Waals surface area contributed by atoms with Gasteiger partial charge in [0.25, 0.3) is 0 Å². The van der Waals surface area contributed by atoms with E-state index in [-0.39, 0.29) is 31.4 Å². The van der Waals surface area contributed by atoms with Gasteiger partial charge in [0.1, 0.15) is 24.3 Å². The third-order valence-corrected chi connectivity index (χ3v) is 4.13. The number of amides is 1. The lowest BCUT2D eigenvalue weighted by Crippen LogP contribution is -2.37. The van der Waals surface area contributed by atoms with E-state index in [9.17, 15) is 14.3 Å². The summed E-state index contributed by atoms with van der Waals surface area (Å²) in [6.07, 6.45) is -0.803. The van der Waals surface area contributed by atoms with Crippen molar-refractivity contribution >= 4 is 34.8 Å². The van der Waals surface area contributed by atoms with E-state index in [1.807, 2.05) is 0 Å². The molecule has 0 aliphatic heterocycles. The first-order chi connectivity index (χ1) is 12.3. The molecule has 140 valence electrons. The van der Waals surface area contributed by atoms with Crippen LogP contribution in [0.3, 0.4) is 0 Å². The fourth-order valence-corrected chi connectivity index (χ4v) is 2.52. The second-order valence-corrected chi connectivity index (χ2v) is 6.61. The van der Waals surface area contributed by atoms with Crippen molar-refractivity contribution in [3.8, 4) is 5.75 Å². The van der Waals surface area contributed by atoms with Crippen molar-refractivity contribution in [2.24, 2.45) is 0 Å². The standard InChI is InChI=1S/C18H19Cl2FN2O3/c1-23(9-14(24)11-26-15-5-2-12(21)3-6-15)10-18(25)22-13-4-7-16(19)17(20)8-13/h2-8,14,24H,9-11H2,1H3,(H,22,25). The van der Waals surface area contributed by atoms with Crippen LogP contribution in [-0.4, -0.2) is 48.8 Å². The topological polar surface area (TPSA) is 61.8 Å². The first-order valence-corrected chi connectivity index (χ1v) is 8.59. The predicted molar refractivity (Wildman–Crippen MR) is 100 cm³/mol. The highest BCUT2D eigenvalue weighted by molar-refractivity contribution is 6.42. The number of halogens is 3. The van der Waals surface area contributed by atoms with Gasteiger partial charge in [-0.25, -0.2) is 4.39 Å². The first kappa shape index (κ1) is 20.5. The smallest absolute Gasteiger partial charge is 0.238 e. The molecule has 0 saturated carbocycles. The van der Waals surface area contributed by atoms with Gasteiger partial charge in [-0.15, -0.1) is 0 Å². The van der Waals surface area contributed by atoms with Crippen LogP contribution in [0.5, 0.6) is 5.75 Å². The molecule has 0 heterocycles. The van der Waals surface area contributed by atoms with E-state index in [0.717, 1.165) is 0 Å². The minimum Gasteiger partial charge on any atom is -0.491 e. The lowest BCUT2D eigenvalue weighted by Gasteiger charge is -2.20. The minimum atomic E-state index is -0.803. The largest absolute Gasteiger partial charge is 0.491 e. The van der Waals surface area contributed by atoms with Crippen LogP contribution in [0.15, 0.2) is 42.5 Å². The number of carbonyl (C=O) groups is 1. The summed E-state index contributed by atoms with van der Waals surface area (Å²) in [5.41, 5.74) is 0.540. The summed E-state index contributed by atoms with van der Waals surface area (Å²) in [6.45, 7) is 0.341. The molecule has 5 nitrogen and oxygen atoms in total. The average Bonchev–Trinajstić information content (AvgIpc) is 2.57. The Hall–Kier alpha value is -1.86. The van der Waals surface area contributed by atoms with Crippen molar-refractivity contribution in [1.29, 1.82) is 0 Å². The second kappa shape index (κ2) is 9.73. The van der Waals surface area contributed by atoms with Crippen molar-refractivity contribution in [1.82, 2.24) is 4.90 Å². The summed E-state index contributed by atoms with van der Waals surface area (Å²) in [7, 11) is 1.70. The number of carbonyl (C=O) groups excluding carboxylic acids is 1.